The predicted octanol–water partition coefficient (Wildman–Crippen LogP) is 6.22. The summed E-state index contributed by atoms with van der Waals surface area (Å²) in [5.74, 6) is 0. The molecule has 0 aromatic heterocycles. The van der Waals surface area contributed by atoms with E-state index >= 15 is 0 Å². The van der Waals surface area contributed by atoms with E-state index in [4.69, 9.17) is 4.52 Å². The summed E-state index contributed by atoms with van der Waals surface area (Å²) >= 11 is 0. The van der Waals surface area contributed by atoms with Gasteiger partial charge < -0.3 is 4.52 Å². The molecule has 0 unspecified atom stereocenters. The Morgan fingerprint density at radius 3 is 1.36 bits per heavy atom. The molecule has 0 atom stereocenters. The zero-order valence-electron chi connectivity index (χ0n) is 17.8. The van der Waals surface area contributed by atoms with Crippen LogP contribution in [0.15, 0.2) is 24.3 Å². The number of hydrogen-bond donors (Lipinski definition) is 0. The minimum Gasteiger partial charge on any atom is -0.318 e. The first-order chi connectivity index (χ1) is 13.0. The summed E-state index contributed by atoms with van der Waals surface area (Å²) in [5.41, 5.74) is 4.05. The van der Waals surface area contributed by atoms with Crippen LogP contribution in [-0.2, 0) is 9.09 Å². The molecular formula is C23H29O4P. The van der Waals surface area contributed by atoms with Gasteiger partial charge in [0.1, 0.15) is 0 Å². The van der Waals surface area contributed by atoms with Crippen LogP contribution in [0.1, 0.15) is 67.4 Å². The predicted molar refractivity (Wildman–Crippen MR) is 114 cm³/mol. The van der Waals surface area contributed by atoms with Crippen molar-refractivity contribution in [2.75, 3.05) is 6.61 Å². The summed E-state index contributed by atoms with van der Waals surface area (Å²) in [6, 6.07) is 7.43. The Labute approximate surface area is 167 Å². The number of hydrogen-bond acceptors (Lipinski definition) is 4. The fraction of sp³-hybridized carbons (Fsp3) is 0.391. The van der Waals surface area contributed by atoms with Gasteiger partial charge in [0, 0.05) is 11.1 Å². The largest absolute Gasteiger partial charge is 0.340 e. The molecule has 0 N–H and O–H groups in total. The maximum absolute atomic E-state index is 13.8. The van der Waals surface area contributed by atoms with E-state index in [2.05, 4.69) is 0 Å². The van der Waals surface area contributed by atoms with Crippen molar-refractivity contribution in [3.8, 4) is 0 Å². The SMILES string of the molecule is CCCOP(=O)(C(=O)c1c(C)cc(C)cc1C)C(=O)c1c(C)cc(C)cc1C. The molecule has 5 heteroatoms. The Hall–Kier alpha value is -2.03. The van der Waals surface area contributed by atoms with Gasteiger partial charge in [0.25, 0.3) is 11.0 Å². The van der Waals surface area contributed by atoms with Crippen LogP contribution in [0.2, 0.25) is 0 Å². The standard InChI is InChI=1S/C23H29O4P/c1-8-9-27-28(26,22(24)20-16(4)10-14(2)11-17(20)5)23(25)21-18(6)12-15(3)13-19(21)7/h10-13H,8-9H2,1-7H3. The highest BCUT2D eigenvalue weighted by atomic mass is 31.2. The third-order valence-electron chi connectivity index (χ3n) is 4.79. The second kappa shape index (κ2) is 8.55. The van der Waals surface area contributed by atoms with Gasteiger partial charge in [-0.3, -0.25) is 14.2 Å². The molecule has 0 bridgehead atoms. The van der Waals surface area contributed by atoms with Crippen molar-refractivity contribution in [2.45, 2.75) is 54.9 Å². The fourth-order valence-corrected chi connectivity index (χ4v) is 5.91. The summed E-state index contributed by atoms with van der Waals surface area (Å²) in [6.07, 6.45) is 0.558. The van der Waals surface area contributed by atoms with Crippen molar-refractivity contribution in [1.29, 1.82) is 0 Å². The monoisotopic (exact) mass is 400 g/mol. The lowest BCUT2D eigenvalue weighted by Gasteiger charge is -2.20. The van der Waals surface area contributed by atoms with Crippen molar-refractivity contribution in [3.05, 3.63) is 68.8 Å². The normalized spacial score (nSPS) is 11.5. The minimum atomic E-state index is -4.28. The molecular weight excluding hydrogens is 371 g/mol. The molecule has 2 rings (SSSR count). The van der Waals surface area contributed by atoms with Crippen molar-refractivity contribution in [1.82, 2.24) is 0 Å². The summed E-state index contributed by atoms with van der Waals surface area (Å²) in [6.45, 7) is 13.0. The Balaban J connectivity index is 2.67. The molecule has 0 spiro atoms. The van der Waals surface area contributed by atoms with E-state index in [9.17, 15) is 14.2 Å². The van der Waals surface area contributed by atoms with Crippen LogP contribution in [0.25, 0.3) is 0 Å². The van der Waals surface area contributed by atoms with Gasteiger partial charge in [0.2, 0.25) is 0 Å². The number of benzene rings is 2. The van der Waals surface area contributed by atoms with Gasteiger partial charge in [-0.1, -0.05) is 42.3 Å². The molecule has 0 fully saturated rings. The number of carbonyl (C=O) groups excluding carboxylic acids is 2. The van der Waals surface area contributed by atoms with Gasteiger partial charge in [-0.05, 0) is 70.2 Å². The molecule has 150 valence electrons. The van der Waals surface area contributed by atoms with E-state index in [0.717, 1.165) is 11.1 Å². The Morgan fingerprint density at radius 1 is 0.750 bits per heavy atom. The highest BCUT2D eigenvalue weighted by Crippen LogP contribution is 2.54. The maximum Gasteiger partial charge on any atom is 0.340 e. The summed E-state index contributed by atoms with van der Waals surface area (Å²) in [4.78, 5) is 26.8. The van der Waals surface area contributed by atoms with Gasteiger partial charge in [0.15, 0.2) is 0 Å². The average Bonchev–Trinajstić information content (AvgIpc) is 2.57. The Bertz CT molecular complexity index is 869. The molecule has 0 saturated heterocycles. The third-order valence-corrected chi connectivity index (χ3v) is 6.86. The van der Waals surface area contributed by atoms with Crippen LogP contribution in [0.4, 0.5) is 0 Å². The highest BCUT2D eigenvalue weighted by Gasteiger charge is 2.44. The summed E-state index contributed by atoms with van der Waals surface area (Å²) in [5, 5.41) is 0. The van der Waals surface area contributed by atoms with Gasteiger partial charge in [-0.15, -0.1) is 0 Å². The topological polar surface area (TPSA) is 60.4 Å². The number of carbonyl (C=O) groups is 2. The van der Waals surface area contributed by atoms with Crippen LogP contribution in [0, 0.1) is 41.5 Å². The lowest BCUT2D eigenvalue weighted by Crippen LogP contribution is -2.17. The van der Waals surface area contributed by atoms with E-state index in [1.54, 1.807) is 27.7 Å². The second-order valence-corrected chi connectivity index (χ2v) is 9.72. The number of aryl methyl sites for hydroxylation is 6. The summed E-state index contributed by atoms with van der Waals surface area (Å²) < 4.78 is 19.4. The molecule has 0 amide bonds. The molecule has 0 radical (unpaired) electrons. The van der Waals surface area contributed by atoms with Crippen LogP contribution in [0.5, 0.6) is 0 Å². The lowest BCUT2D eigenvalue weighted by atomic mass is 10.0. The van der Waals surface area contributed by atoms with E-state index < -0.39 is 18.4 Å². The van der Waals surface area contributed by atoms with E-state index in [0.29, 0.717) is 39.8 Å². The fourth-order valence-electron chi connectivity index (χ4n) is 3.76. The third kappa shape index (κ3) is 4.19. The van der Waals surface area contributed by atoms with Gasteiger partial charge in [0.05, 0.1) is 6.61 Å². The molecule has 2 aromatic rings. The zero-order chi connectivity index (χ0) is 21.2. The lowest BCUT2D eigenvalue weighted by molar-refractivity contribution is 0.0994. The number of rotatable bonds is 7. The average molecular weight is 400 g/mol. The Kier molecular flexibility index (Phi) is 6.80. The first-order valence-electron chi connectivity index (χ1n) is 9.53. The first kappa shape index (κ1) is 22.3. The molecule has 0 heterocycles. The molecule has 0 saturated carbocycles. The minimum absolute atomic E-state index is 0.0860. The molecule has 0 aliphatic rings. The summed E-state index contributed by atoms with van der Waals surface area (Å²) in [7, 11) is -4.28. The van der Waals surface area contributed by atoms with Crippen molar-refractivity contribution >= 4 is 18.4 Å². The molecule has 2 aromatic carbocycles. The van der Waals surface area contributed by atoms with Gasteiger partial charge >= 0.3 is 7.37 Å². The van der Waals surface area contributed by atoms with Crippen LogP contribution in [-0.4, -0.2) is 17.7 Å². The molecule has 4 nitrogen and oxygen atoms in total. The van der Waals surface area contributed by atoms with E-state index in [1.165, 1.54) is 0 Å². The van der Waals surface area contributed by atoms with Crippen molar-refractivity contribution in [3.63, 3.8) is 0 Å². The molecule has 0 aliphatic heterocycles. The van der Waals surface area contributed by atoms with E-state index in [1.807, 2.05) is 45.0 Å². The highest BCUT2D eigenvalue weighted by molar-refractivity contribution is 7.91. The quantitative estimate of drug-likeness (QED) is 0.518. The Morgan fingerprint density at radius 2 is 1.07 bits per heavy atom. The van der Waals surface area contributed by atoms with Crippen molar-refractivity contribution in [2.24, 2.45) is 0 Å². The molecule has 28 heavy (non-hydrogen) atoms. The van der Waals surface area contributed by atoms with Gasteiger partial charge in [-0.2, -0.15) is 0 Å². The van der Waals surface area contributed by atoms with Crippen LogP contribution >= 0.6 is 7.37 Å². The molecule has 0 aliphatic carbocycles. The van der Waals surface area contributed by atoms with Crippen molar-refractivity contribution < 1.29 is 18.7 Å². The first-order valence-corrected chi connectivity index (χ1v) is 11.2. The second-order valence-electron chi connectivity index (χ2n) is 7.54. The van der Waals surface area contributed by atoms with E-state index in [-0.39, 0.29) is 6.61 Å². The van der Waals surface area contributed by atoms with Crippen LogP contribution < -0.4 is 0 Å². The maximum atomic E-state index is 13.8. The van der Waals surface area contributed by atoms with Gasteiger partial charge in [-0.25, -0.2) is 0 Å². The smallest absolute Gasteiger partial charge is 0.318 e. The van der Waals surface area contributed by atoms with Crippen LogP contribution in [0.3, 0.4) is 0 Å². The zero-order valence-corrected chi connectivity index (χ0v) is 18.7.